The van der Waals surface area contributed by atoms with Crippen LogP contribution in [0.2, 0.25) is 5.02 Å². The summed E-state index contributed by atoms with van der Waals surface area (Å²) in [6.07, 6.45) is 6.49. The zero-order valence-electron chi connectivity index (χ0n) is 11.3. The van der Waals surface area contributed by atoms with E-state index in [-0.39, 0.29) is 0 Å². The number of nitrogens with zero attached hydrogens (tertiary/aromatic N) is 4. The minimum atomic E-state index is 0.591. The van der Waals surface area contributed by atoms with Gasteiger partial charge >= 0.3 is 0 Å². The van der Waals surface area contributed by atoms with Crippen molar-refractivity contribution in [2.24, 2.45) is 0 Å². The van der Waals surface area contributed by atoms with Crippen LogP contribution in [0.15, 0.2) is 24.3 Å². The Bertz CT molecular complexity index is 562. The minimum absolute atomic E-state index is 0.591. The van der Waals surface area contributed by atoms with Gasteiger partial charge in [0.15, 0.2) is 5.82 Å². The Balaban J connectivity index is 1.70. The smallest absolute Gasteiger partial charge is 0.170 e. The Kier molecular flexibility index (Phi) is 4.28. The summed E-state index contributed by atoms with van der Waals surface area (Å²) >= 11 is 6.02. The molecule has 0 saturated heterocycles. The third-order valence-corrected chi connectivity index (χ3v) is 3.98. The van der Waals surface area contributed by atoms with Crippen molar-refractivity contribution >= 4 is 11.6 Å². The van der Waals surface area contributed by atoms with Crippen molar-refractivity contribution in [1.29, 1.82) is 0 Å². The highest BCUT2D eigenvalue weighted by molar-refractivity contribution is 6.30. The van der Waals surface area contributed by atoms with Crippen LogP contribution >= 0.6 is 11.6 Å². The third kappa shape index (κ3) is 3.16. The SMILES string of the molecule is Clc1cccc(-n2nnnc2CNC2CCCCC2)c1. The van der Waals surface area contributed by atoms with Crippen LogP contribution < -0.4 is 5.32 Å². The van der Waals surface area contributed by atoms with Crippen LogP contribution in [-0.4, -0.2) is 26.2 Å². The van der Waals surface area contributed by atoms with Crippen LogP contribution in [-0.2, 0) is 6.54 Å². The van der Waals surface area contributed by atoms with E-state index in [4.69, 9.17) is 11.6 Å². The Labute approximate surface area is 123 Å². The second kappa shape index (κ2) is 6.33. The molecule has 1 aromatic carbocycles. The predicted octanol–water partition coefficient (Wildman–Crippen LogP) is 2.74. The summed E-state index contributed by atoms with van der Waals surface area (Å²) < 4.78 is 1.74. The van der Waals surface area contributed by atoms with Crippen LogP contribution in [0.1, 0.15) is 37.9 Å². The van der Waals surface area contributed by atoms with E-state index in [9.17, 15) is 0 Å². The summed E-state index contributed by atoms with van der Waals surface area (Å²) in [4.78, 5) is 0. The third-order valence-electron chi connectivity index (χ3n) is 3.74. The molecular formula is C14H18ClN5. The van der Waals surface area contributed by atoms with E-state index in [1.54, 1.807) is 4.68 Å². The highest BCUT2D eigenvalue weighted by Gasteiger charge is 2.15. The molecule has 0 atom stereocenters. The molecular weight excluding hydrogens is 274 g/mol. The average Bonchev–Trinajstić information content (AvgIpc) is 2.95. The summed E-state index contributed by atoms with van der Waals surface area (Å²) in [6, 6.07) is 8.15. The Morgan fingerprint density at radius 2 is 2.10 bits per heavy atom. The van der Waals surface area contributed by atoms with Crippen molar-refractivity contribution in [3.05, 3.63) is 35.1 Å². The Morgan fingerprint density at radius 3 is 2.90 bits per heavy atom. The van der Waals surface area contributed by atoms with Gasteiger partial charge in [-0.05, 0) is 41.5 Å². The predicted molar refractivity (Wildman–Crippen MR) is 77.9 cm³/mol. The Morgan fingerprint density at radius 1 is 1.25 bits per heavy atom. The molecule has 1 aromatic heterocycles. The molecule has 0 spiro atoms. The number of aromatic nitrogens is 4. The topological polar surface area (TPSA) is 55.6 Å². The van der Waals surface area contributed by atoms with Crippen LogP contribution in [0.3, 0.4) is 0 Å². The summed E-state index contributed by atoms with van der Waals surface area (Å²) in [5, 5.41) is 16.2. The first-order valence-electron chi connectivity index (χ1n) is 7.09. The molecule has 106 valence electrons. The van der Waals surface area contributed by atoms with Gasteiger partial charge in [0.1, 0.15) is 0 Å². The average molecular weight is 292 g/mol. The standard InChI is InChI=1S/C14H18ClN5/c15-11-5-4-8-13(9-11)20-14(17-18-19-20)10-16-12-6-2-1-3-7-12/h4-5,8-9,12,16H,1-3,6-7,10H2. The molecule has 5 nitrogen and oxygen atoms in total. The minimum Gasteiger partial charge on any atom is -0.307 e. The molecule has 0 amide bonds. The van der Waals surface area contributed by atoms with E-state index >= 15 is 0 Å². The van der Waals surface area contributed by atoms with Gasteiger partial charge in [0, 0.05) is 11.1 Å². The molecule has 1 fully saturated rings. The van der Waals surface area contributed by atoms with Crippen LogP contribution in [0.5, 0.6) is 0 Å². The van der Waals surface area contributed by atoms with Gasteiger partial charge in [-0.2, -0.15) is 4.68 Å². The summed E-state index contributed by atoms with van der Waals surface area (Å²) in [6.45, 7) is 0.685. The van der Waals surface area contributed by atoms with Gasteiger partial charge < -0.3 is 5.32 Å². The molecule has 0 bridgehead atoms. The summed E-state index contributed by atoms with van der Waals surface area (Å²) in [7, 11) is 0. The van der Waals surface area contributed by atoms with Gasteiger partial charge in [0.25, 0.3) is 0 Å². The number of hydrogen-bond donors (Lipinski definition) is 1. The second-order valence-electron chi connectivity index (χ2n) is 5.20. The number of tetrazole rings is 1. The summed E-state index contributed by atoms with van der Waals surface area (Å²) in [5.41, 5.74) is 0.892. The van der Waals surface area contributed by atoms with Crippen molar-refractivity contribution in [1.82, 2.24) is 25.5 Å². The molecule has 3 rings (SSSR count). The van der Waals surface area contributed by atoms with E-state index in [1.165, 1.54) is 32.1 Å². The molecule has 0 aliphatic heterocycles. The maximum absolute atomic E-state index is 6.02. The zero-order chi connectivity index (χ0) is 13.8. The number of rotatable bonds is 4. The number of halogens is 1. The lowest BCUT2D eigenvalue weighted by atomic mass is 9.95. The summed E-state index contributed by atoms with van der Waals surface area (Å²) in [5.74, 6) is 0.817. The first-order chi connectivity index (χ1) is 9.83. The molecule has 2 aromatic rings. The maximum atomic E-state index is 6.02. The zero-order valence-corrected chi connectivity index (χ0v) is 12.1. The fourth-order valence-electron chi connectivity index (χ4n) is 2.67. The quantitative estimate of drug-likeness (QED) is 0.941. The van der Waals surface area contributed by atoms with Crippen LogP contribution in [0.4, 0.5) is 0 Å². The fraction of sp³-hybridized carbons (Fsp3) is 0.500. The monoisotopic (exact) mass is 291 g/mol. The van der Waals surface area contributed by atoms with E-state index in [1.807, 2.05) is 24.3 Å². The highest BCUT2D eigenvalue weighted by atomic mass is 35.5. The van der Waals surface area contributed by atoms with Gasteiger partial charge in [-0.15, -0.1) is 5.10 Å². The molecule has 1 aliphatic rings. The van der Waals surface area contributed by atoms with E-state index in [2.05, 4.69) is 20.8 Å². The molecule has 1 N–H and O–H groups in total. The van der Waals surface area contributed by atoms with Crippen molar-refractivity contribution in [3.8, 4) is 5.69 Å². The van der Waals surface area contributed by atoms with Crippen molar-refractivity contribution in [2.45, 2.75) is 44.7 Å². The molecule has 1 saturated carbocycles. The van der Waals surface area contributed by atoms with Crippen molar-refractivity contribution < 1.29 is 0 Å². The number of benzene rings is 1. The van der Waals surface area contributed by atoms with Crippen molar-refractivity contribution in [2.75, 3.05) is 0 Å². The molecule has 0 radical (unpaired) electrons. The molecule has 6 heteroatoms. The van der Waals surface area contributed by atoms with Gasteiger partial charge in [0.2, 0.25) is 0 Å². The van der Waals surface area contributed by atoms with Gasteiger partial charge in [-0.25, -0.2) is 0 Å². The van der Waals surface area contributed by atoms with E-state index in [0.717, 1.165) is 11.5 Å². The molecule has 1 heterocycles. The van der Waals surface area contributed by atoms with Gasteiger partial charge in [-0.3, -0.25) is 0 Å². The molecule has 20 heavy (non-hydrogen) atoms. The maximum Gasteiger partial charge on any atom is 0.170 e. The Hall–Kier alpha value is -1.46. The largest absolute Gasteiger partial charge is 0.307 e. The van der Waals surface area contributed by atoms with Gasteiger partial charge in [-0.1, -0.05) is 36.9 Å². The van der Waals surface area contributed by atoms with Gasteiger partial charge in [0.05, 0.1) is 12.2 Å². The van der Waals surface area contributed by atoms with Crippen LogP contribution in [0, 0.1) is 0 Å². The van der Waals surface area contributed by atoms with Crippen molar-refractivity contribution in [3.63, 3.8) is 0 Å². The normalized spacial score (nSPS) is 16.4. The lowest BCUT2D eigenvalue weighted by Crippen LogP contribution is -2.31. The first-order valence-corrected chi connectivity index (χ1v) is 7.47. The van der Waals surface area contributed by atoms with Crippen LogP contribution in [0.25, 0.3) is 5.69 Å². The fourth-order valence-corrected chi connectivity index (χ4v) is 2.85. The molecule has 1 aliphatic carbocycles. The lowest BCUT2D eigenvalue weighted by Gasteiger charge is -2.22. The first kappa shape index (κ1) is 13.5. The number of hydrogen-bond acceptors (Lipinski definition) is 4. The lowest BCUT2D eigenvalue weighted by molar-refractivity contribution is 0.368. The second-order valence-corrected chi connectivity index (χ2v) is 5.64. The van der Waals surface area contributed by atoms with E-state index < -0.39 is 0 Å². The molecule has 0 unspecified atom stereocenters. The van der Waals surface area contributed by atoms with E-state index in [0.29, 0.717) is 17.6 Å². The number of nitrogens with one attached hydrogen (secondary N) is 1. The highest BCUT2D eigenvalue weighted by Crippen LogP contribution is 2.18.